The van der Waals surface area contributed by atoms with E-state index in [0.29, 0.717) is 12.3 Å². The van der Waals surface area contributed by atoms with Crippen LogP contribution in [0.5, 0.6) is 0 Å². The third-order valence-electron chi connectivity index (χ3n) is 3.78. The molecule has 1 aliphatic heterocycles. The van der Waals surface area contributed by atoms with Crippen molar-refractivity contribution >= 4 is 5.97 Å². The van der Waals surface area contributed by atoms with Gasteiger partial charge in [-0.15, -0.1) is 0 Å². The number of rotatable bonds is 2. The Balaban J connectivity index is 1.93. The number of carboxylic acids is 1. The lowest BCUT2D eigenvalue weighted by Crippen LogP contribution is -2.26. The number of fused-ring (bicyclic) bond motifs is 1. The summed E-state index contributed by atoms with van der Waals surface area (Å²) in [5.41, 5.74) is 2.49. The van der Waals surface area contributed by atoms with E-state index in [1.54, 1.807) is 0 Å². The first kappa shape index (κ1) is 9.87. The molecule has 1 aromatic heterocycles. The molecule has 1 unspecified atom stereocenters. The van der Waals surface area contributed by atoms with Crippen LogP contribution in [0.15, 0.2) is 0 Å². The number of carbonyl (C=O) groups is 1. The van der Waals surface area contributed by atoms with Crippen LogP contribution in [0.1, 0.15) is 42.4 Å². The summed E-state index contributed by atoms with van der Waals surface area (Å²) in [5, 5.41) is 9.02. The van der Waals surface area contributed by atoms with E-state index in [1.165, 1.54) is 24.2 Å². The molecule has 0 amide bonds. The van der Waals surface area contributed by atoms with Crippen molar-refractivity contribution in [1.82, 2.24) is 9.55 Å². The second-order valence-electron chi connectivity index (χ2n) is 4.95. The van der Waals surface area contributed by atoms with Gasteiger partial charge in [-0.25, -0.2) is 4.98 Å². The maximum atomic E-state index is 11.0. The predicted octanol–water partition coefficient (Wildman–Crippen LogP) is 1.72. The van der Waals surface area contributed by atoms with Crippen LogP contribution in [0, 0.1) is 12.8 Å². The normalized spacial score (nSPS) is 24.2. The zero-order chi connectivity index (χ0) is 11.3. The highest BCUT2D eigenvalue weighted by atomic mass is 16.4. The minimum Gasteiger partial charge on any atom is -0.481 e. The highest BCUT2D eigenvalue weighted by Gasteiger charge is 2.33. The van der Waals surface area contributed by atoms with Gasteiger partial charge in [0.2, 0.25) is 0 Å². The van der Waals surface area contributed by atoms with Gasteiger partial charge in [0.15, 0.2) is 0 Å². The summed E-state index contributed by atoms with van der Waals surface area (Å²) in [6.07, 6.45) is 3.84. The lowest BCUT2D eigenvalue weighted by Gasteiger charge is -2.20. The van der Waals surface area contributed by atoms with Crippen LogP contribution in [0.4, 0.5) is 0 Å². The second-order valence-corrected chi connectivity index (χ2v) is 4.95. The molecule has 1 saturated carbocycles. The summed E-state index contributed by atoms with van der Waals surface area (Å²) >= 11 is 0. The van der Waals surface area contributed by atoms with Gasteiger partial charge < -0.3 is 9.67 Å². The Morgan fingerprint density at radius 1 is 1.44 bits per heavy atom. The molecule has 0 radical (unpaired) electrons. The highest BCUT2D eigenvalue weighted by molar-refractivity contribution is 5.70. The number of aliphatic carboxylic acids is 1. The molecule has 0 bridgehead atoms. The molecule has 1 aromatic rings. The summed E-state index contributed by atoms with van der Waals surface area (Å²) in [6, 6.07) is 0. The van der Waals surface area contributed by atoms with Crippen LogP contribution in [-0.2, 0) is 17.8 Å². The lowest BCUT2D eigenvalue weighted by molar-refractivity contribution is -0.142. The lowest BCUT2D eigenvalue weighted by atomic mass is 9.98. The van der Waals surface area contributed by atoms with Crippen molar-refractivity contribution in [2.75, 3.05) is 0 Å². The van der Waals surface area contributed by atoms with Gasteiger partial charge >= 0.3 is 5.97 Å². The van der Waals surface area contributed by atoms with Crippen molar-refractivity contribution in [3.8, 4) is 0 Å². The quantitative estimate of drug-likeness (QED) is 0.825. The topological polar surface area (TPSA) is 55.1 Å². The van der Waals surface area contributed by atoms with E-state index < -0.39 is 5.97 Å². The third-order valence-corrected chi connectivity index (χ3v) is 3.78. The van der Waals surface area contributed by atoms with Crippen LogP contribution < -0.4 is 0 Å². The van der Waals surface area contributed by atoms with Gasteiger partial charge in [-0.1, -0.05) is 0 Å². The monoisotopic (exact) mass is 220 g/mol. The largest absolute Gasteiger partial charge is 0.481 e. The predicted molar refractivity (Wildman–Crippen MR) is 58.4 cm³/mol. The fourth-order valence-corrected chi connectivity index (χ4v) is 2.63. The van der Waals surface area contributed by atoms with Gasteiger partial charge in [0.1, 0.15) is 5.82 Å². The molecular formula is C12H16N2O2. The summed E-state index contributed by atoms with van der Waals surface area (Å²) in [5.74, 6) is 0.723. The van der Waals surface area contributed by atoms with Crippen molar-refractivity contribution in [3.63, 3.8) is 0 Å². The van der Waals surface area contributed by atoms with E-state index >= 15 is 0 Å². The molecule has 4 nitrogen and oxygen atoms in total. The van der Waals surface area contributed by atoms with E-state index in [9.17, 15) is 4.79 Å². The molecule has 1 atom stereocenters. The fourth-order valence-electron chi connectivity index (χ4n) is 2.63. The van der Waals surface area contributed by atoms with E-state index in [4.69, 9.17) is 5.11 Å². The smallest absolute Gasteiger partial charge is 0.307 e. The Morgan fingerprint density at radius 2 is 2.19 bits per heavy atom. The van der Waals surface area contributed by atoms with Gasteiger partial charge in [0, 0.05) is 24.6 Å². The van der Waals surface area contributed by atoms with Gasteiger partial charge in [-0.3, -0.25) is 4.79 Å². The minimum atomic E-state index is -0.681. The Morgan fingerprint density at radius 3 is 2.81 bits per heavy atom. The van der Waals surface area contributed by atoms with Crippen molar-refractivity contribution in [2.24, 2.45) is 5.92 Å². The van der Waals surface area contributed by atoms with E-state index in [0.717, 1.165) is 18.8 Å². The van der Waals surface area contributed by atoms with Crippen molar-refractivity contribution in [3.05, 3.63) is 17.2 Å². The molecule has 4 heteroatoms. The first-order valence-corrected chi connectivity index (χ1v) is 5.95. The van der Waals surface area contributed by atoms with Gasteiger partial charge in [0.25, 0.3) is 0 Å². The van der Waals surface area contributed by atoms with E-state index in [-0.39, 0.29) is 5.92 Å². The van der Waals surface area contributed by atoms with Crippen molar-refractivity contribution in [1.29, 1.82) is 0 Å². The zero-order valence-electron chi connectivity index (χ0n) is 9.44. The molecule has 0 saturated heterocycles. The molecular weight excluding hydrogens is 204 g/mol. The fraction of sp³-hybridized carbons (Fsp3) is 0.667. The third kappa shape index (κ3) is 1.44. The van der Waals surface area contributed by atoms with Crippen LogP contribution in [0.2, 0.25) is 0 Å². The number of hydrogen-bond donors (Lipinski definition) is 1. The van der Waals surface area contributed by atoms with Crippen LogP contribution in [0.25, 0.3) is 0 Å². The first-order valence-electron chi connectivity index (χ1n) is 5.95. The van der Waals surface area contributed by atoms with E-state index in [2.05, 4.69) is 16.5 Å². The molecule has 16 heavy (non-hydrogen) atoms. The summed E-state index contributed by atoms with van der Waals surface area (Å²) in [7, 11) is 0. The first-order chi connectivity index (χ1) is 7.66. The molecule has 2 heterocycles. The van der Waals surface area contributed by atoms with Gasteiger partial charge in [0.05, 0.1) is 11.6 Å². The average molecular weight is 220 g/mol. The SMILES string of the molecule is Cc1c(C2CC2)nc2n1CCC(C(=O)O)C2. The molecule has 1 N–H and O–H groups in total. The summed E-state index contributed by atoms with van der Waals surface area (Å²) in [6.45, 7) is 2.93. The Bertz CT molecular complexity index is 446. The standard InChI is InChI=1S/C12H16N2O2/c1-7-11(8-2-3-8)13-10-6-9(12(15)16)4-5-14(7)10/h8-9H,2-6H2,1H3,(H,15,16). The Kier molecular flexibility index (Phi) is 2.06. The second kappa shape index (κ2) is 3.34. The van der Waals surface area contributed by atoms with Crippen LogP contribution >= 0.6 is 0 Å². The van der Waals surface area contributed by atoms with Crippen molar-refractivity contribution in [2.45, 2.75) is 45.1 Å². The molecule has 0 spiro atoms. The summed E-state index contributed by atoms with van der Waals surface area (Å²) < 4.78 is 2.22. The molecule has 3 rings (SSSR count). The number of carboxylic acid groups (broad SMARTS) is 1. The Hall–Kier alpha value is -1.32. The maximum absolute atomic E-state index is 11.0. The van der Waals surface area contributed by atoms with Crippen molar-refractivity contribution < 1.29 is 9.90 Å². The number of aromatic nitrogens is 2. The highest BCUT2D eigenvalue weighted by Crippen LogP contribution is 2.41. The molecule has 0 aromatic carbocycles. The van der Waals surface area contributed by atoms with Gasteiger partial charge in [-0.2, -0.15) is 0 Å². The maximum Gasteiger partial charge on any atom is 0.307 e. The molecule has 86 valence electrons. The number of nitrogens with zero attached hydrogens (tertiary/aromatic N) is 2. The number of hydrogen-bond acceptors (Lipinski definition) is 2. The summed E-state index contributed by atoms with van der Waals surface area (Å²) in [4.78, 5) is 15.6. The van der Waals surface area contributed by atoms with Gasteiger partial charge in [-0.05, 0) is 26.2 Å². The average Bonchev–Trinajstić information content (AvgIpc) is 3.04. The van der Waals surface area contributed by atoms with Crippen LogP contribution in [0.3, 0.4) is 0 Å². The molecule has 1 aliphatic carbocycles. The Labute approximate surface area is 94.3 Å². The molecule has 1 fully saturated rings. The zero-order valence-corrected chi connectivity index (χ0v) is 9.44. The molecule has 2 aliphatic rings. The number of imidazole rings is 1. The van der Waals surface area contributed by atoms with Crippen LogP contribution in [-0.4, -0.2) is 20.6 Å². The van der Waals surface area contributed by atoms with E-state index in [1.807, 2.05) is 0 Å². The minimum absolute atomic E-state index is 0.235.